The number of hydrogen-bond donors (Lipinski definition) is 6. The molecule has 0 aromatic heterocycles. The summed E-state index contributed by atoms with van der Waals surface area (Å²) in [5.74, 6) is -2.16. The van der Waals surface area contributed by atoms with Gasteiger partial charge >= 0.3 is 5.97 Å². The number of aromatic hydroxyl groups is 4. The summed E-state index contributed by atoms with van der Waals surface area (Å²) in [6.45, 7) is -0.546. The SMILES string of the molecule is O=C(/C=C/c1ccc(O)c(O)c1)O[C@H]1[C@H](O)[C@H]2O[C@@H](c3ccc(O)c(O)c3)CO[C@@H]2O[C@@H]1CO. The van der Waals surface area contributed by atoms with Gasteiger partial charge in [0, 0.05) is 6.08 Å². The van der Waals surface area contributed by atoms with Crippen molar-refractivity contribution >= 4 is 12.0 Å². The second-order valence-corrected chi connectivity index (χ2v) is 7.87. The van der Waals surface area contributed by atoms with E-state index in [0.29, 0.717) is 11.1 Å². The van der Waals surface area contributed by atoms with E-state index in [1.165, 1.54) is 42.5 Å². The van der Waals surface area contributed by atoms with Gasteiger partial charge in [-0.3, -0.25) is 0 Å². The van der Waals surface area contributed by atoms with Crippen LogP contribution in [0.5, 0.6) is 23.0 Å². The lowest BCUT2D eigenvalue weighted by Crippen LogP contribution is -2.63. The molecular formula is C23H24O11. The Hall–Kier alpha value is -3.35. The van der Waals surface area contributed by atoms with Crippen LogP contribution >= 0.6 is 0 Å². The van der Waals surface area contributed by atoms with Crippen molar-refractivity contribution in [3.8, 4) is 23.0 Å². The molecule has 2 fully saturated rings. The quantitative estimate of drug-likeness (QED) is 0.203. The molecule has 2 heterocycles. The van der Waals surface area contributed by atoms with Gasteiger partial charge in [-0.15, -0.1) is 0 Å². The van der Waals surface area contributed by atoms with E-state index >= 15 is 0 Å². The third-order valence-corrected chi connectivity index (χ3v) is 5.56. The summed E-state index contributed by atoms with van der Waals surface area (Å²) in [7, 11) is 0. The molecule has 2 aliphatic rings. The molecule has 2 aromatic rings. The van der Waals surface area contributed by atoms with E-state index < -0.39 is 49.4 Å². The van der Waals surface area contributed by atoms with Gasteiger partial charge in [0.1, 0.15) is 24.4 Å². The van der Waals surface area contributed by atoms with Crippen molar-refractivity contribution in [3.05, 3.63) is 53.6 Å². The van der Waals surface area contributed by atoms with Crippen LogP contribution in [0.15, 0.2) is 42.5 Å². The van der Waals surface area contributed by atoms with Crippen molar-refractivity contribution < 1.29 is 54.4 Å². The average molecular weight is 476 g/mol. The molecule has 182 valence electrons. The zero-order valence-corrected chi connectivity index (χ0v) is 17.7. The van der Waals surface area contributed by atoms with Gasteiger partial charge in [-0.2, -0.15) is 0 Å². The number of carbonyl (C=O) groups excluding carboxylic acids is 1. The van der Waals surface area contributed by atoms with Crippen molar-refractivity contribution in [1.29, 1.82) is 0 Å². The van der Waals surface area contributed by atoms with E-state index in [1.807, 2.05) is 0 Å². The molecule has 11 nitrogen and oxygen atoms in total. The fourth-order valence-corrected chi connectivity index (χ4v) is 3.77. The summed E-state index contributed by atoms with van der Waals surface area (Å²) < 4.78 is 22.5. The Morgan fingerprint density at radius 1 is 1.00 bits per heavy atom. The summed E-state index contributed by atoms with van der Waals surface area (Å²) in [5.41, 5.74) is 0.898. The molecule has 0 unspecified atom stereocenters. The number of esters is 1. The summed E-state index contributed by atoms with van der Waals surface area (Å²) in [6.07, 6.45) is -4.21. The van der Waals surface area contributed by atoms with Gasteiger partial charge in [0.05, 0.1) is 13.2 Å². The smallest absolute Gasteiger partial charge is 0.331 e. The largest absolute Gasteiger partial charge is 0.504 e. The predicted molar refractivity (Wildman–Crippen MR) is 114 cm³/mol. The third-order valence-electron chi connectivity index (χ3n) is 5.56. The first-order chi connectivity index (χ1) is 16.3. The summed E-state index contributed by atoms with van der Waals surface area (Å²) in [5, 5.41) is 58.7. The van der Waals surface area contributed by atoms with Crippen LogP contribution < -0.4 is 0 Å². The minimum atomic E-state index is -1.42. The van der Waals surface area contributed by atoms with E-state index in [4.69, 9.17) is 18.9 Å². The number of ether oxygens (including phenoxy) is 4. The van der Waals surface area contributed by atoms with Crippen LogP contribution in [0.2, 0.25) is 0 Å². The number of aliphatic hydroxyl groups excluding tert-OH is 2. The molecule has 6 atom stereocenters. The predicted octanol–water partition coefficient (Wildman–Crippen LogP) is 0.669. The Morgan fingerprint density at radius 3 is 2.38 bits per heavy atom. The number of benzene rings is 2. The lowest BCUT2D eigenvalue weighted by molar-refractivity contribution is -0.350. The molecule has 0 amide bonds. The van der Waals surface area contributed by atoms with E-state index in [1.54, 1.807) is 0 Å². The number of phenolic OH excluding ortho intramolecular Hbond substituents is 4. The maximum Gasteiger partial charge on any atom is 0.331 e. The van der Waals surface area contributed by atoms with Gasteiger partial charge in [0.2, 0.25) is 0 Å². The first kappa shape index (κ1) is 23.8. The molecule has 0 spiro atoms. The minimum Gasteiger partial charge on any atom is -0.504 e. The second kappa shape index (κ2) is 9.87. The number of hydrogen-bond acceptors (Lipinski definition) is 11. The lowest BCUT2D eigenvalue weighted by Gasteiger charge is -2.46. The van der Waals surface area contributed by atoms with Crippen LogP contribution in [-0.2, 0) is 23.7 Å². The maximum absolute atomic E-state index is 12.4. The van der Waals surface area contributed by atoms with Gasteiger partial charge in [0.15, 0.2) is 35.4 Å². The Bertz CT molecular complexity index is 1070. The Labute approximate surface area is 193 Å². The monoisotopic (exact) mass is 476 g/mol. The Morgan fingerprint density at radius 2 is 1.71 bits per heavy atom. The average Bonchev–Trinajstić information content (AvgIpc) is 2.83. The first-order valence-corrected chi connectivity index (χ1v) is 10.4. The fourth-order valence-electron chi connectivity index (χ4n) is 3.77. The number of carbonyl (C=O) groups is 1. The standard InChI is InChI=1S/C23H24O11/c24-9-17-21(34-19(29)6-2-11-1-4-13(25)15(27)7-11)20(30)22-23(33-17)31-10-18(32-22)12-3-5-14(26)16(28)8-12/h1-8,17-18,20-28,30H,9-10H2/b6-2+/t17-,18-,20+,21-,22-,23-/m1/s1. The van der Waals surface area contributed by atoms with Gasteiger partial charge in [-0.1, -0.05) is 12.1 Å². The van der Waals surface area contributed by atoms with Crippen molar-refractivity contribution in [2.45, 2.75) is 36.8 Å². The highest BCUT2D eigenvalue weighted by Gasteiger charge is 2.51. The van der Waals surface area contributed by atoms with Gasteiger partial charge in [-0.05, 0) is 41.5 Å². The number of rotatable bonds is 5. The molecule has 2 aromatic carbocycles. The molecule has 0 bridgehead atoms. The zero-order valence-electron chi connectivity index (χ0n) is 17.7. The van der Waals surface area contributed by atoms with Gasteiger partial charge in [0.25, 0.3) is 0 Å². The summed E-state index contributed by atoms with van der Waals surface area (Å²) >= 11 is 0. The summed E-state index contributed by atoms with van der Waals surface area (Å²) in [6, 6.07) is 8.09. The van der Waals surface area contributed by atoms with Crippen molar-refractivity contribution in [2.24, 2.45) is 0 Å². The number of aliphatic hydroxyl groups is 2. The van der Waals surface area contributed by atoms with Crippen molar-refractivity contribution in [2.75, 3.05) is 13.2 Å². The topological polar surface area (TPSA) is 175 Å². The molecule has 2 saturated heterocycles. The highest BCUT2D eigenvalue weighted by atomic mass is 16.7. The third kappa shape index (κ3) is 4.93. The number of fused-ring (bicyclic) bond motifs is 1. The maximum atomic E-state index is 12.4. The van der Waals surface area contributed by atoms with E-state index in [9.17, 15) is 35.4 Å². The van der Waals surface area contributed by atoms with Crippen LogP contribution in [0, 0.1) is 0 Å². The molecule has 2 aliphatic heterocycles. The van der Waals surface area contributed by atoms with Crippen LogP contribution in [0.3, 0.4) is 0 Å². The lowest BCUT2D eigenvalue weighted by atomic mass is 9.97. The zero-order chi connectivity index (χ0) is 24.4. The van der Waals surface area contributed by atoms with E-state index in [0.717, 1.165) is 6.08 Å². The molecule has 0 aliphatic carbocycles. The van der Waals surface area contributed by atoms with Crippen molar-refractivity contribution in [1.82, 2.24) is 0 Å². The first-order valence-electron chi connectivity index (χ1n) is 10.4. The van der Waals surface area contributed by atoms with Crippen LogP contribution in [0.4, 0.5) is 0 Å². The summed E-state index contributed by atoms with van der Waals surface area (Å²) in [4.78, 5) is 12.4. The van der Waals surface area contributed by atoms with Crippen LogP contribution in [0.25, 0.3) is 6.08 Å². The number of phenols is 4. The van der Waals surface area contributed by atoms with Gasteiger partial charge in [-0.25, -0.2) is 4.79 Å². The Balaban J connectivity index is 1.45. The second-order valence-electron chi connectivity index (χ2n) is 7.87. The van der Waals surface area contributed by atoms with Crippen LogP contribution in [-0.4, -0.2) is 80.5 Å². The normalized spacial score (nSPS) is 29.0. The molecule has 4 rings (SSSR count). The molecule has 6 N–H and O–H groups in total. The van der Waals surface area contributed by atoms with Crippen LogP contribution in [0.1, 0.15) is 17.2 Å². The van der Waals surface area contributed by atoms with Gasteiger partial charge < -0.3 is 49.6 Å². The molecule has 11 heteroatoms. The minimum absolute atomic E-state index is 0.0168. The molecule has 0 saturated carbocycles. The van der Waals surface area contributed by atoms with Crippen molar-refractivity contribution in [3.63, 3.8) is 0 Å². The van der Waals surface area contributed by atoms with E-state index in [-0.39, 0.29) is 29.6 Å². The molecule has 34 heavy (non-hydrogen) atoms. The Kier molecular flexibility index (Phi) is 6.91. The van der Waals surface area contributed by atoms with E-state index in [2.05, 4.69) is 0 Å². The highest BCUT2D eigenvalue weighted by Crippen LogP contribution is 2.37. The highest BCUT2D eigenvalue weighted by molar-refractivity contribution is 5.87. The fraction of sp³-hybridized carbons (Fsp3) is 0.348. The molecular weight excluding hydrogens is 452 g/mol. The molecule has 0 radical (unpaired) electrons.